The first-order valence-corrected chi connectivity index (χ1v) is 8.61. The summed E-state index contributed by atoms with van der Waals surface area (Å²) in [4.78, 5) is 21.6. The fourth-order valence-corrected chi connectivity index (χ4v) is 2.41. The lowest BCUT2D eigenvalue weighted by Crippen LogP contribution is -2.11. The Balaban J connectivity index is 2.06. The molecule has 0 aromatic heterocycles. The zero-order chi connectivity index (χ0) is 17.9. The van der Waals surface area contributed by atoms with Gasteiger partial charge in [0, 0.05) is 24.2 Å². The van der Waals surface area contributed by atoms with Crippen LogP contribution in [0.4, 0.5) is 0 Å². The van der Waals surface area contributed by atoms with Gasteiger partial charge in [-0.3, -0.25) is 9.59 Å². The van der Waals surface area contributed by atoms with E-state index in [2.05, 4.69) is 6.92 Å². The van der Waals surface area contributed by atoms with E-state index >= 15 is 0 Å². The quantitative estimate of drug-likeness (QED) is 0.442. The molecular weight excluding hydrogens is 316 g/mol. The SMILES string of the molecule is CCCCOCCC(Oc1ccc(C=O)cc1)c1ccc(C=O)cc1. The van der Waals surface area contributed by atoms with Crippen LogP contribution >= 0.6 is 0 Å². The van der Waals surface area contributed by atoms with E-state index in [-0.39, 0.29) is 6.10 Å². The molecule has 132 valence electrons. The number of ether oxygens (including phenoxy) is 2. The predicted molar refractivity (Wildman–Crippen MR) is 97.4 cm³/mol. The zero-order valence-electron chi connectivity index (χ0n) is 14.5. The first-order chi connectivity index (χ1) is 12.3. The van der Waals surface area contributed by atoms with Gasteiger partial charge in [0.05, 0.1) is 6.61 Å². The Kier molecular flexibility index (Phi) is 7.86. The molecule has 4 nitrogen and oxygen atoms in total. The summed E-state index contributed by atoms with van der Waals surface area (Å²) in [6, 6.07) is 14.4. The van der Waals surface area contributed by atoms with Gasteiger partial charge in [-0.1, -0.05) is 37.6 Å². The standard InChI is InChI=1S/C21H24O4/c1-2-3-13-24-14-12-21(19-8-4-17(15-22)5-9-19)25-20-10-6-18(16-23)7-11-20/h4-11,15-16,21H,2-3,12-14H2,1H3. The van der Waals surface area contributed by atoms with E-state index in [0.717, 1.165) is 37.6 Å². The number of aldehydes is 2. The summed E-state index contributed by atoms with van der Waals surface area (Å²) in [5.74, 6) is 0.698. The van der Waals surface area contributed by atoms with Gasteiger partial charge < -0.3 is 9.47 Å². The van der Waals surface area contributed by atoms with E-state index in [4.69, 9.17) is 9.47 Å². The lowest BCUT2D eigenvalue weighted by atomic mass is 10.0. The van der Waals surface area contributed by atoms with Crippen molar-refractivity contribution in [3.8, 4) is 5.75 Å². The van der Waals surface area contributed by atoms with Gasteiger partial charge in [0.2, 0.25) is 0 Å². The Hall–Kier alpha value is -2.46. The van der Waals surface area contributed by atoms with Gasteiger partial charge in [-0.2, -0.15) is 0 Å². The first kappa shape index (κ1) is 18.9. The minimum absolute atomic E-state index is 0.176. The van der Waals surface area contributed by atoms with E-state index in [1.165, 1.54) is 0 Å². The maximum Gasteiger partial charge on any atom is 0.150 e. The van der Waals surface area contributed by atoms with E-state index < -0.39 is 0 Å². The average Bonchev–Trinajstić information content (AvgIpc) is 2.67. The van der Waals surface area contributed by atoms with Crippen molar-refractivity contribution in [1.82, 2.24) is 0 Å². The lowest BCUT2D eigenvalue weighted by molar-refractivity contribution is 0.0902. The smallest absolute Gasteiger partial charge is 0.150 e. The highest BCUT2D eigenvalue weighted by molar-refractivity contribution is 5.75. The van der Waals surface area contributed by atoms with Crippen LogP contribution in [-0.4, -0.2) is 25.8 Å². The van der Waals surface area contributed by atoms with Gasteiger partial charge in [-0.25, -0.2) is 0 Å². The molecule has 0 N–H and O–H groups in total. The summed E-state index contributed by atoms with van der Waals surface area (Å²) in [5, 5.41) is 0. The van der Waals surface area contributed by atoms with Gasteiger partial charge in [-0.05, 0) is 36.2 Å². The normalized spacial score (nSPS) is 11.7. The first-order valence-electron chi connectivity index (χ1n) is 8.61. The predicted octanol–water partition coefficient (Wildman–Crippen LogP) is 4.64. The molecule has 0 radical (unpaired) electrons. The lowest BCUT2D eigenvalue weighted by Gasteiger charge is -2.20. The van der Waals surface area contributed by atoms with E-state index in [9.17, 15) is 9.59 Å². The molecule has 2 rings (SSSR count). The van der Waals surface area contributed by atoms with Crippen LogP contribution in [0.5, 0.6) is 5.75 Å². The summed E-state index contributed by atoms with van der Waals surface area (Å²) in [7, 11) is 0. The van der Waals surface area contributed by atoms with Gasteiger partial charge in [0.25, 0.3) is 0 Å². The van der Waals surface area contributed by atoms with Gasteiger partial charge in [-0.15, -0.1) is 0 Å². The number of hydrogen-bond donors (Lipinski definition) is 0. The van der Waals surface area contributed by atoms with Crippen LogP contribution in [0.3, 0.4) is 0 Å². The molecule has 0 fully saturated rings. The van der Waals surface area contributed by atoms with Crippen molar-refractivity contribution in [3.05, 3.63) is 65.2 Å². The van der Waals surface area contributed by atoms with Crippen molar-refractivity contribution in [3.63, 3.8) is 0 Å². The number of rotatable bonds is 11. The van der Waals surface area contributed by atoms with Crippen molar-refractivity contribution >= 4 is 12.6 Å². The molecule has 2 aromatic rings. The summed E-state index contributed by atoms with van der Waals surface area (Å²) in [6.45, 7) is 3.49. The summed E-state index contributed by atoms with van der Waals surface area (Å²) >= 11 is 0. The molecule has 0 amide bonds. The maximum atomic E-state index is 10.8. The maximum absolute atomic E-state index is 10.8. The second-order valence-corrected chi connectivity index (χ2v) is 5.83. The topological polar surface area (TPSA) is 52.6 Å². The summed E-state index contributed by atoms with van der Waals surface area (Å²) < 4.78 is 11.8. The molecule has 0 bridgehead atoms. The summed E-state index contributed by atoms with van der Waals surface area (Å²) in [6.07, 6.45) is 4.32. The molecule has 1 atom stereocenters. The second kappa shape index (κ2) is 10.4. The highest BCUT2D eigenvalue weighted by Gasteiger charge is 2.14. The molecule has 0 saturated carbocycles. The third-order valence-electron chi connectivity index (χ3n) is 3.91. The van der Waals surface area contributed by atoms with Crippen molar-refractivity contribution < 1.29 is 19.1 Å². The number of hydrogen-bond acceptors (Lipinski definition) is 4. The van der Waals surface area contributed by atoms with Gasteiger partial charge >= 0.3 is 0 Å². The minimum atomic E-state index is -0.176. The van der Waals surface area contributed by atoms with Crippen molar-refractivity contribution in [1.29, 1.82) is 0 Å². The second-order valence-electron chi connectivity index (χ2n) is 5.83. The average molecular weight is 340 g/mol. The van der Waals surface area contributed by atoms with Crippen LogP contribution in [-0.2, 0) is 4.74 Å². The molecule has 0 spiro atoms. The van der Waals surface area contributed by atoms with Crippen molar-refractivity contribution in [2.75, 3.05) is 13.2 Å². The van der Waals surface area contributed by atoms with Crippen LogP contribution in [0.1, 0.15) is 58.6 Å². The van der Waals surface area contributed by atoms with E-state index in [0.29, 0.717) is 29.9 Å². The van der Waals surface area contributed by atoms with Crippen molar-refractivity contribution in [2.24, 2.45) is 0 Å². The zero-order valence-corrected chi connectivity index (χ0v) is 14.5. The number of carbonyl (C=O) groups is 2. The third kappa shape index (κ3) is 6.16. The Morgan fingerprint density at radius 1 is 0.880 bits per heavy atom. The molecule has 0 heterocycles. The van der Waals surface area contributed by atoms with Crippen LogP contribution in [0.15, 0.2) is 48.5 Å². The van der Waals surface area contributed by atoms with Crippen LogP contribution in [0.25, 0.3) is 0 Å². The molecular formula is C21H24O4. The number of carbonyl (C=O) groups excluding carboxylic acids is 2. The fraction of sp³-hybridized carbons (Fsp3) is 0.333. The molecule has 2 aromatic carbocycles. The molecule has 0 aliphatic rings. The largest absolute Gasteiger partial charge is 0.486 e. The van der Waals surface area contributed by atoms with Gasteiger partial charge in [0.1, 0.15) is 24.4 Å². The molecule has 0 aliphatic heterocycles. The Bertz CT molecular complexity index is 647. The monoisotopic (exact) mass is 340 g/mol. The van der Waals surface area contributed by atoms with E-state index in [1.807, 2.05) is 12.1 Å². The molecule has 4 heteroatoms. The summed E-state index contributed by atoms with van der Waals surface area (Å²) in [5.41, 5.74) is 2.24. The molecule has 25 heavy (non-hydrogen) atoms. The minimum Gasteiger partial charge on any atom is -0.486 e. The molecule has 0 saturated heterocycles. The Morgan fingerprint density at radius 2 is 1.48 bits per heavy atom. The van der Waals surface area contributed by atoms with E-state index in [1.54, 1.807) is 36.4 Å². The van der Waals surface area contributed by atoms with Crippen molar-refractivity contribution in [2.45, 2.75) is 32.3 Å². The highest BCUT2D eigenvalue weighted by Crippen LogP contribution is 2.25. The van der Waals surface area contributed by atoms with Gasteiger partial charge in [0.15, 0.2) is 0 Å². The van der Waals surface area contributed by atoms with Crippen LogP contribution in [0, 0.1) is 0 Å². The highest BCUT2D eigenvalue weighted by atomic mass is 16.5. The van der Waals surface area contributed by atoms with Crippen LogP contribution in [0.2, 0.25) is 0 Å². The fourth-order valence-electron chi connectivity index (χ4n) is 2.41. The molecule has 0 aliphatic carbocycles. The number of unbranched alkanes of at least 4 members (excludes halogenated alkanes) is 1. The third-order valence-corrected chi connectivity index (χ3v) is 3.91. The molecule has 1 unspecified atom stereocenters. The Labute approximate surface area is 148 Å². The Morgan fingerprint density at radius 3 is 2.04 bits per heavy atom. The number of benzene rings is 2. The van der Waals surface area contributed by atoms with Crippen LogP contribution < -0.4 is 4.74 Å².